The van der Waals surface area contributed by atoms with Crippen LogP contribution in [-0.4, -0.2) is 23.0 Å². The Morgan fingerprint density at radius 2 is 2.06 bits per heavy atom. The third-order valence-electron chi connectivity index (χ3n) is 1.86. The zero-order chi connectivity index (χ0) is 13.2. The second kappa shape index (κ2) is 4.74. The standard InChI is InChI=1S/C9H8F3NO3S/c1-4(8(15)16)13-7(14)5-2-6(17-3-5)9(10,11)12/h2-4H,1H3,(H,13,14)(H,15,16)/t4-/m0/s1. The summed E-state index contributed by atoms with van der Waals surface area (Å²) in [5, 5.41) is 11.6. The Hall–Kier alpha value is -1.57. The van der Waals surface area contributed by atoms with Gasteiger partial charge < -0.3 is 10.4 Å². The molecule has 0 saturated heterocycles. The van der Waals surface area contributed by atoms with Crippen LogP contribution in [0.4, 0.5) is 13.2 Å². The van der Waals surface area contributed by atoms with Gasteiger partial charge >= 0.3 is 12.1 Å². The summed E-state index contributed by atoms with van der Waals surface area (Å²) in [6.07, 6.45) is -4.50. The quantitative estimate of drug-likeness (QED) is 0.879. The predicted octanol–water partition coefficient (Wildman–Crippen LogP) is 1.97. The lowest BCUT2D eigenvalue weighted by Crippen LogP contribution is -2.38. The molecule has 4 nitrogen and oxygen atoms in total. The summed E-state index contributed by atoms with van der Waals surface area (Å²) in [4.78, 5) is 20.9. The van der Waals surface area contributed by atoms with Crippen LogP contribution in [0.2, 0.25) is 0 Å². The maximum atomic E-state index is 12.2. The average Bonchev–Trinajstić information content (AvgIpc) is 2.65. The number of nitrogens with one attached hydrogen (secondary N) is 1. The van der Waals surface area contributed by atoms with Gasteiger partial charge in [-0.2, -0.15) is 13.2 Å². The van der Waals surface area contributed by atoms with Crippen LogP contribution < -0.4 is 5.32 Å². The molecule has 0 aliphatic heterocycles. The first kappa shape index (κ1) is 13.5. The first-order valence-corrected chi connectivity index (χ1v) is 5.29. The number of halogens is 3. The van der Waals surface area contributed by atoms with Crippen molar-refractivity contribution >= 4 is 23.2 Å². The molecule has 17 heavy (non-hydrogen) atoms. The van der Waals surface area contributed by atoms with Crippen LogP contribution in [0, 0.1) is 0 Å². The molecule has 2 N–H and O–H groups in total. The van der Waals surface area contributed by atoms with Crippen molar-refractivity contribution in [3.8, 4) is 0 Å². The molecule has 0 aromatic carbocycles. The van der Waals surface area contributed by atoms with E-state index in [4.69, 9.17) is 5.11 Å². The van der Waals surface area contributed by atoms with E-state index in [0.29, 0.717) is 17.4 Å². The number of carboxylic acid groups (broad SMARTS) is 1. The highest BCUT2D eigenvalue weighted by molar-refractivity contribution is 7.10. The Balaban J connectivity index is 2.78. The van der Waals surface area contributed by atoms with Crippen LogP contribution in [0.15, 0.2) is 11.4 Å². The summed E-state index contributed by atoms with van der Waals surface area (Å²) in [5.74, 6) is -2.10. The van der Waals surface area contributed by atoms with Gasteiger partial charge in [0.15, 0.2) is 0 Å². The minimum atomic E-state index is -4.50. The largest absolute Gasteiger partial charge is 0.480 e. The molecule has 0 saturated carbocycles. The number of rotatable bonds is 3. The Morgan fingerprint density at radius 1 is 1.47 bits per heavy atom. The first-order valence-electron chi connectivity index (χ1n) is 4.41. The van der Waals surface area contributed by atoms with Gasteiger partial charge in [0.1, 0.15) is 10.9 Å². The van der Waals surface area contributed by atoms with Gasteiger partial charge in [-0.3, -0.25) is 9.59 Å². The maximum Gasteiger partial charge on any atom is 0.425 e. The number of thiophene rings is 1. The molecule has 0 radical (unpaired) electrons. The van der Waals surface area contributed by atoms with Gasteiger partial charge in [-0.05, 0) is 13.0 Å². The van der Waals surface area contributed by atoms with Crippen molar-refractivity contribution in [2.75, 3.05) is 0 Å². The first-order chi connectivity index (χ1) is 7.71. The molecule has 0 spiro atoms. The van der Waals surface area contributed by atoms with Gasteiger partial charge in [-0.1, -0.05) is 0 Å². The fourth-order valence-electron chi connectivity index (χ4n) is 0.946. The lowest BCUT2D eigenvalue weighted by atomic mass is 10.2. The summed E-state index contributed by atoms with van der Waals surface area (Å²) in [6.45, 7) is 1.22. The van der Waals surface area contributed by atoms with Gasteiger partial charge in [0.2, 0.25) is 0 Å². The predicted molar refractivity (Wildman–Crippen MR) is 53.9 cm³/mol. The van der Waals surface area contributed by atoms with E-state index in [1.54, 1.807) is 0 Å². The van der Waals surface area contributed by atoms with Crippen molar-refractivity contribution in [3.05, 3.63) is 21.9 Å². The number of alkyl halides is 3. The average molecular weight is 267 g/mol. The minimum absolute atomic E-state index is 0.199. The molecule has 1 atom stereocenters. The zero-order valence-corrected chi connectivity index (χ0v) is 9.35. The van der Waals surface area contributed by atoms with E-state index in [0.717, 1.165) is 5.38 Å². The Bertz CT molecular complexity index is 441. The van der Waals surface area contributed by atoms with Crippen LogP contribution in [0.5, 0.6) is 0 Å². The summed E-state index contributed by atoms with van der Waals surface area (Å²) in [7, 11) is 0. The third-order valence-corrected chi connectivity index (χ3v) is 2.83. The number of amides is 1. The van der Waals surface area contributed by atoms with Crippen molar-refractivity contribution in [1.29, 1.82) is 0 Å². The van der Waals surface area contributed by atoms with Crippen LogP contribution in [-0.2, 0) is 11.0 Å². The normalized spacial score (nSPS) is 13.2. The number of aliphatic carboxylic acids is 1. The SMILES string of the molecule is C[C@H](NC(=O)c1csc(C(F)(F)F)c1)C(=O)O. The second-order valence-corrected chi connectivity index (χ2v) is 4.14. The smallest absolute Gasteiger partial charge is 0.425 e. The van der Waals surface area contributed by atoms with Gasteiger partial charge in [-0.15, -0.1) is 11.3 Å². The summed E-state index contributed by atoms with van der Waals surface area (Å²) in [6, 6.07) is -0.467. The molecule has 0 bridgehead atoms. The Labute approximate surface area is 98.1 Å². The molecule has 0 fully saturated rings. The molecule has 1 amide bonds. The van der Waals surface area contributed by atoms with Crippen LogP contribution in [0.3, 0.4) is 0 Å². The highest BCUT2D eigenvalue weighted by atomic mass is 32.1. The molecule has 94 valence electrons. The van der Waals surface area contributed by atoms with E-state index in [-0.39, 0.29) is 5.56 Å². The van der Waals surface area contributed by atoms with Gasteiger partial charge in [0.05, 0.1) is 5.56 Å². The third kappa shape index (κ3) is 3.45. The minimum Gasteiger partial charge on any atom is -0.480 e. The van der Waals surface area contributed by atoms with Crippen molar-refractivity contribution in [1.82, 2.24) is 5.32 Å². The lowest BCUT2D eigenvalue weighted by Gasteiger charge is -2.07. The van der Waals surface area contributed by atoms with E-state index < -0.39 is 29.0 Å². The highest BCUT2D eigenvalue weighted by Crippen LogP contribution is 2.33. The molecular weight excluding hydrogens is 259 g/mol. The fraction of sp³-hybridized carbons (Fsp3) is 0.333. The molecule has 1 heterocycles. The van der Waals surface area contributed by atoms with Crippen LogP contribution >= 0.6 is 11.3 Å². The van der Waals surface area contributed by atoms with Crippen LogP contribution in [0.25, 0.3) is 0 Å². The Morgan fingerprint density at radius 3 is 2.47 bits per heavy atom. The van der Waals surface area contributed by atoms with Crippen molar-refractivity contribution in [2.24, 2.45) is 0 Å². The lowest BCUT2D eigenvalue weighted by molar-refractivity contribution is -0.138. The molecule has 0 aliphatic carbocycles. The monoisotopic (exact) mass is 267 g/mol. The molecule has 0 unspecified atom stereocenters. The number of hydrogen-bond donors (Lipinski definition) is 2. The van der Waals surface area contributed by atoms with Crippen molar-refractivity contribution < 1.29 is 27.9 Å². The summed E-state index contributed by atoms with van der Waals surface area (Å²) in [5.41, 5.74) is -0.199. The molecular formula is C9H8F3NO3S. The summed E-state index contributed by atoms with van der Waals surface area (Å²) >= 11 is 0.387. The van der Waals surface area contributed by atoms with Crippen LogP contribution in [0.1, 0.15) is 22.2 Å². The maximum absolute atomic E-state index is 12.2. The number of carbonyl (C=O) groups is 2. The molecule has 1 aromatic rings. The topological polar surface area (TPSA) is 66.4 Å². The van der Waals surface area contributed by atoms with Gasteiger partial charge in [0.25, 0.3) is 5.91 Å². The molecule has 1 aromatic heterocycles. The van der Waals surface area contributed by atoms with Gasteiger partial charge in [0, 0.05) is 5.38 Å². The van der Waals surface area contributed by atoms with E-state index >= 15 is 0 Å². The highest BCUT2D eigenvalue weighted by Gasteiger charge is 2.33. The fourth-order valence-corrected chi connectivity index (χ4v) is 1.70. The van der Waals surface area contributed by atoms with Crippen molar-refractivity contribution in [3.63, 3.8) is 0 Å². The number of hydrogen-bond acceptors (Lipinski definition) is 3. The van der Waals surface area contributed by atoms with Crippen molar-refractivity contribution in [2.45, 2.75) is 19.1 Å². The summed E-state index contributed by atoms with van der Waals surface area (Å²) < 4.78 is 36.7. The van der Waals surface area contributed by atoms with E-state index in [2.05, 4.69) is 5.32 Å². The van der Waals surface area contributed by atoms with E-state index in [9.17, 15) is 22.8 Å². The molecule has 0 aliphatic rings. The molecule has 8 heteroatoms. The van der Waals surface area contributed by atoms with Gasteiger partial charge in [-0.25, -0.2) is 0 Å². The van der Waals surface area contributed by atoms with E-state index in [1.807, 2.05) is 0 Å². The Kier molecular flexibility index (Phi) is 3.76. The number of carboxylic acids is 1. The zero-order valence-electron chi connectivity index (χ0n) is 8.54. The van der Waals surface area contributed by atoms with E-state index in [1.165, 1.54) is 6.92 Å². The molecule has 1 rings (SSSR count). The number of carbonyl (C=O) groups excluding carboxylic acids is 1. The second-order valence-electron chi connectivity index (χ2n) is 3.23.